The molecule has 4 rings (SSSR count). The van der Waals surface area contributed by atoms with Crippen LogP contribution < -0.4 is 14.8 Å². The van der Waals surface area contributed by atoms with Crippen molar-refractivity contribution in [3.05, 3.63) is 47.7 Å². The number of benzene rings is 2. The van der Waals surface area contributed by atoms with Crippen LogP contribution in [0, 0.1) is 0 Å². The quantitative estimate of drug-likeness (QED) is 0.341. The molecule has 1 N–H and O–H groups in total. The van der Waals surface area contributed by atoms with Crippen LogP contribution in [0.25, 0.3) is 10.9 Å². The number of methoxy groups -OCH3 is 3. The number of likely N-dealkylation sites (tertiary alicyclic amines) is 1. The van der Waals surface area contributed by atoms with E-state index >= 15 is 0 Å². The first kappa shape index (κ1) is 23.5. The maximum atomic E-state index is 6.12. The molecule has 0 radical (unpaired) electrons. The molecule has 2 heterocycles. The summed E-state index contributed by atoms with van der Waals surface area (Å²) in [6.45, 7) is 3.15. The van der Waals surface area contributed by atoms with Crippen LogP contribution in [0.3, 0.4) is 0 Å². The van der Waals surface area contributed by atoms with E-state index in [1.54, 1.807) is 21.3 Å². The lowest BCUT2D eigenvalue weighted by Gasteiger charge is -2.26. The zero-order chi connectivity index (χ0) is 23.3. The fourth-order valence-corrected chi connectivity index (χ4v) is 4.23. The number of hydrogen-bond donors (Lipinski definition) is 1. The molecule has 0 unspecified atom stereocenters. The summed E-state index contributed by atoms with van der Waals surface area (Å²) in [6, 6.07) is 11.3. The highest BCUT2D eigenvalue weighted by Gasteiger charge is 2.37. The minimum atomic E-state index is -0.491. The molecule has 33 heavy (non-hydrogen) atoms. The van der Waals surface area contributed by atoms with Gasteiger partial charge in [0.1, 0.15) is 12.1 Å². The van der Waals surface area contributed by atoms with E-state index in [-0.39, 0.29) is 0 Å². The zero-order valence-corrected chi connectivity index (χ0v) is 19.9. The molecule has 176 valence electrons. The molecule has 1 aliphatic heterocycles. The summed E-state index contributed by atoms with van der Waals surface area (Å²) in [7, 11) is 5.02. The van der Waals surface area contributed by atoms with Gasteiger partial charge in [0.2, 0.25) is 0 Å². The number of aromatic nitrogens is 2. The van der Waals surface area contributed by atoms with Crippen molar-refractivity contribution in [1.29, 1.82) is 0 Å². The molecule has 2 aromatic carbocycles. The lowest BCUT2D eigenvalue weighted by Crippen LogP contribution is -2.37. The third-order valence-corrected chi connectivity index (χ3v) is 6.14. The Labute approximate surface area is 198 Å². The van der Waals surface area contributed by atoms with E-state index in [9.17, 15) is 0 Å². The Morgan fingerprint density at radius 2 is 1.94 bits per heavy atom. The minimum absolute atomic E-state index is 0.491. The predicted octanol–water partition coefficient (Wildman–Crippen LogP) is 4.50. The van der Waals surface area contributed by atoms with E-state index in [0.717, 1.165) is 49.1 Å². The molecule has 8 nitrogen and oxygen atoms in total. The minimum Gasteiger partial charge on any atom is -0.493 e. The first-order valence-electron chi connectivity index (χ1n) is 10.9. The molecule has 1 aromatic heterocycles. The van der Waals surface area contributed by atoms with Crippen molar-refractivity contribution in [1.82, 2.24) is 14.9 Å². The van der Waals surface area contributed by atoms with Crippen molar-refractivity contribution >= 4 is 34.0 Å². The normalized spacial score (nSPS) is 15.6. The van der Waals surface area contributed by atoms with Gasteiger partial charge in [-0.3, -0.25) is 4.90 Å². The average Bonchev–Trinajstić information content (AvgIpc) is 3.25. The van der Waals surface area contributed by atoms with Crippen molar-refractivity contribution in [2.24, 2.45) is 0 Å². The Hall–Kier alpha value is -2.65. The van der Waals surface area contributed by atoms with Crippen molar-refractivity contribution in [3.8, 4) is 11.5 Å². The van der Waals surface area contributed by atoms with E-state index in [4.69, 9.17) is 30.5 Å². The molecule has 0 spiro atoms. The van der Waals surface area contributed by atoms with Gasteiger partial charge in [0.15, 0.2) is 17.3 Å². The summed E-state index contributed by atoms with van der Waals surface area (Å²) < 4.78 is 22.8. The number of nitrogens with zero attached hydrogens (tertiary/aromatic N) is 3. The van der Waals surface area contributed by atoms with Gasteiger partial charge in [-0.05, 0) is 30.7 Å². The number of hydrogen-bond acceptors (Lipinski definition) is 8. The molecular weight excluding hydrogens is 444 g/mol. The molecule has 0 aliphatic carbocycles. The van der Waals surface area contributed by atoms with Crippen LogP contribution in [0.15, 0.2) is 42.7 Å². The van der Waals surface area contributed by atoms with Gasteiger partial charge in [-0.1, -0.05) is 17.7 Å². The summed E-state index contributed by atoms with van der Waals surface area (Å²) in [5.74, 6) is 1.46. The summed E-state index contributed by atoms with van der Waals surface area (Å²) in [5.41, 5.74) is 1.60. The number of halogens is 1. The monoisotopic (exact) mass is 472 g/mol. The van der Waals surface area contributed by atoms with Gasteiger partial charge >= 0.3 is 0 Å². The van der Waals surface area contributed by atoms with Crippen molar-refractivity contribution in [2.75, 3.05) is 52.9 Å². The molecule has 1 fully saturated rings. The summed E-state index contributed by atoms with van der Waals surface area (Å²) in [5, 5.41) is 4.79. The Morgan fingerprint density at radius 3 is 2.67 bits per heavy atom. The SMILES string of the molecule is COc1cc2ncnc(Nc3cccc(Cl)c3)c2cc1OCCCN1CCC(OC)(OC)C1. The van der Waals surface area contributed by atoms with E-state index < -0.39 is 5.79 Å². The van der Waals surface area contributed by atoms with E-state index in [1.807, 2.05) is 36.4 Å². The first-order valence-corrected chi connectivity index (χ1v) is 11.2. The van der Waals surface area contributed by atoms with Gasteiger partial charge in [-0.15, -0.1) is 0 Å². The highest BCUT2D eigenvalue weighted by atomic mass is 35.5. The van der Waals surface area contributed by atoms with Crippen molar-refractivity contribution in [3.63, 3.8) is 0 Å². The summed E-state index contributed by atoms with van der Waals surface area (Å²) in [6.07, 6.45) is 3.25. The molecule has 1 aliphatic rings. The van der Waals surface area contributed by atoms with Crippen LogP contribution >= 0.6 is 11.6 Å². The van der Waals surface area contributed by atoms with Gasteiger partial charge in [-0.25, -0.2) is 9.97 Å². The Bertz CT molecular complexity index is 1090. The third kappa shape index (κ3) is 5.47. The highest BCUT2D eigenvalue weighted by molar-refractivity contribution is 6.30. The van der Waals surface area contributed by atoms with Gasteiger partial charge in [0.25, 0.3) is 0 Å². The maximum absolute atomic E-state index is 6.12. The van der Waals surface area contributed by atoms with Gasteiger partial charge in [0.05, 0.1) is 25.8 Å². The first-order chi connectivity index (χ1) is 16.1. The Morgan fingerprint density at radius 1 is 1.09 bits per heavy atom. The standard InChI is InChI=1S/C24H29ClN4O4/c1-30-21-14-20-19(23(27-16-26-20)28-18-7-4-6-17(25)12-18)13-22(21)33-11-5-9-29-10-8-24(15-29,31-2)32-3/h4,6-7,12-14,16H,5,8-11,15H2,1-3H3,(H,26,27,28). The molecule has 0 atom stereocenters. The van der Waals surface area contributed by atoms with E-state index in [2.05, 4.69) is 20.2 Å². The van der Waals surface area contributed by atoms with Gasteiger partial charge in [0, 0.05) is 55.9 Å². The topological polar surface area (TPSA) is 78.0 Å². The largest absolute Gasteiger partial charge is 0.493 e. The van der Waals surface area contributed by atoms with Crippen LogP contribution in [0.5, 0.6) is 11.5 Å². The maximum Gasteiger partial charge on any atom is 0.181 e. The number of nitrogens with one attached hydrogen (secondary N) is 1. The van der Waals surface area contributed by atoms with Gasteiger partial charge in [-0.2, -0.15) is 0 Å². The average molecular weight is 473 g/mol. The van der Waals surface area contributed by atoms with Crippen LogP contribution in [0.2, 0.25) is 5.02 Å². The summed E-state index contributed by atoms with van der Waals surface area (Å²) in [4.78, 5) is 11.1. The van der Waals surface area contributed by atoms with Crippen LogP contribution in [0.1, 0.15) is 12.8 Å². The number of anilines is 2. The molecule has 0 amide bonds. The molecule has 0 bridgehead atoms. The number of rotatable bonds is 10. The zero-order valence-electron chi connectivity index (χ0n) is 19.1. The van der Waals surface area contributed by atoms with E-state index in [1.165, 1.54) is 6.33 Å². The number of fused-ring (bicyclic) bond motifs is 1. The van der Waals surface area contributed by atoms with Crippen LogP contribution in [-0.4, -0.2) is 68.2 Å². The van der Waals surface area contributed by atoms with Crippen LogP contribution in [-0.2, 0) is 9.47 Å². The third-order valence-electron chi connectivity index (χ3n) is 5.90. The highest BCUT2D eigenvalue weighted by Crippen LogP contribution is 2.35. The second-order valence-electron chi connectivity index (χ2n) is 7.92. The Balaban J connectivity index is 1.44. The second-order valence-corrected chi connectivity index (χ2v) is 8.36. The van der Waals surface area contributed by atoms with Gasteiger partial charge < -0.3 is 24.3 Å². The summed E-state index contributed by atoms with van der Waals surface area (Å²) >= 11 is 6.12. The molecule has 1 saturated heterocycles. The smallest absolute Gasteiger partial charge is 0.181 e. The van der Waals surface area contributed by atoms with Crippen molar-refractivity contribution < 1.29 is 18.9 Å². The molecule has 0 saturated carbocycles. The van der Waals surface area contributed by atoms with Crippen molar-refractivity contribution in [2.45, 2.75) is 18.6 Å². The fraction of sp³-hybridized carbons (Fsp3) is 0.417. The predicted molar refractivity (Wildman–Crippen MR) is 129 cm³/mol. The molecule has 3 aromatic rings. The lowest BCUT2D eigenvalue weighted by molar-refractivity contribution is -0.195. The lowest BCUT2D eigenvalue weighted by atomic mass is 10.2. The molecule has 9 heteroatoms. The van der Waals surface area contributed by atoms with E-state index in [0.29, 0.717) is 28.9 Å². The molecular formula is C24H29ClN4O4. The Kier molecular flexibility index (Phi) is 7.49. The second kappa shape index (κ2) is 10.5. The fourth-order valence-electron chi connectivity index (χ4n) is 4.04. The van der Waals surface area contributed by atoms with Crippen LogP contribution in [0.4, 0.5) is 11.5 Å². The number of ether oxygens (including phenoxy) is 4.